The van der Waals surface area contributed by atoms with Gasteiger partial charge in [-0.15, -0.1) is 0 Å². The lowest BCUT2D eigenvalue weighted by Gasteiger charge is -2.12. The molecule has 21 heavy (non-hydrogen) atoms. The van der Waals surface area contributed by atoms with E-state index in [1.54, 1.807) is 12.3 Å². The van der Waals surface area contributed by atoms with Crippen molar-refractivity contribution in [3.63, 3.8) is 0 Å². The van der Waals surface area contributed by atoms with Crippen LogP contribution in [0.25, 0.3) is 0 Å². The van der Waals surface area contributed by atoms with Crippen LogP contribution in [0.5, 0.6) is 5.88 Å². The minimum absolute atomic E-state index is 0.152. The number of amides is 1. The van der Waals surface area contributed by atoms with Gasteiger partial charge in [0.25, 0.3) is 0 Å². The third-order valence-electron chi connectivity index (χ3n) is 3.27. The summed E-state index contributed by atoms with van der Waals surface area (Å²) in [6, 6.07) is 3.67. The Hall–Kier alpha value is -2.11. The average Bonchev–Trinajstić information content (AvgIpc) is 2.93. The Morgan fingerprint density at radius 2 is 2.43 bits per heavy atom. The molecule has 1 aromatic rings. The Bertz CT molecular complexity index is 504. The van der Waals surface area contributed by atoms with E-state index in [1.807, 2.05) is 6.07 Å². The van der Waals surface area contributed by atoms with Crippen LogP contribution in [0.4, 0.5) is 0 Å². The summed E-state index contributed by atoms with van der Waals surface area (Å²) >= 11 is 0. The van der Waals surface area contributed by atoms with Crippen LogP contribution in [-0.2, 0) is 20.9 Å². The molecule has 114 valence electrons. The van der Waals surface area contributed by atoms with Crippen molar-refractivity contribution >= 4 is 11.9 Å². The zero-order chi connectivity index (χ0) is 15.1. The highest BCUT2D eigenvalue weighted by Gasteiger charge is 2.29. The molecule has 1 aliphatic rings. The molecule has 0 aliphatic carbocycles. The Labute approximate surface area is 123 Å². The van der Waals surface area contributed by atoms with E-state index in [0.717, 1.165) is 18.4 Å². The van der Waals surface area contributed by atoms with Crippen molar-refractivity contribution in [3.05, 3.63) is 23.9 Å². The third kappa shape index (κ3) is 4.44. The number of nitrogens with one attached hydrogen (secondary N) is 1. The predicted molar refractivity (Wildman–Crippen MR) is 75.6 cm³/mol. The molecule has 2 heterocycles. The van der Waals surface area contributed by atoms with Crippen LogP contribution >= 0.6 is 0 Å². The number of unbranched alkanes of at least 4 members (excludes halogenated alkanes) is 1. The van der Waals surface area contributed by atoms with E-state index >= 15 is 0 Å². The van der Waals surface area contributed by atoms with Crippen LogP contribution in [0.1, 0.15) is 31.7 Å². The molecule has 1 atom stereocenters. The number of hydrogen-bond acceptors (Lipinski definition) is 5. The van der Waals surface area contributed by atoms with Crippen molar-refractivity contribution < 1.29 is 19.1 Å². The summed E-state index contributed by atoms with van der Waals surface area (Å²) in [6.07, 6.45) is 3.83. The second-order valence-electron chi connectivity index (χ2n) is 4.97. The van der Waals surface area contributed by atoms with E-state index in [2.05, 4.69) is 17.2 Å². The molecule has 6 heteroatoms. The molecule has 2 rings (SSSR count). The van der Waals surface area contributed by atoms with Gasteiger partial charge in [0.1, 0.15) is 6.61 Å². The highest BCUT2D eigenvalue weighted by molar-refractivity contribution is 5.86. The van der Waals surface area contributed by atoms with Gasteiger partial charge in [-0.25, -0.2) is 4.98 Å². The summed E-state index contributed by atoms with van der Waals surface area (Å²) in [5, 5.41) is 2.80. The molecule has 0 unspecified atom stereocenters. The lowest BCUT2D eigenvalue weighted by Crippen LogP contribution is -2.30. The number of ether oxygens (including phenoxy) is 2. The number of esters is 1. The average molecular weight is 292 g/mol. The minimum Gasteiger partial charge on any atom is -0.477 e. The Kier molecular flexibility index (Phi) is 5.54. The second-order valence-corrected chi connectivity index (χ2v) is 4.97. The molecule has 0 radical (unpaired) electrons. The quantitative estimate of drug-likeness (QED) is 0.608. The first kappa shape index (κ1) is 15.3. The van der Waals surface area contributed by atoms with E-state index in [4.69, 9.17) is 9.47 Å². The van der Waals surface area contributed by atoms with E-state index in [1.165, 1.54) is 0 Å². The third-order valence-corrected chi connectivity index (χ3v) is 3.27. The van der Waals surface area contributed by atoms with Gasteiger partial charge in [0.05, 0.1) is 18.9 Å². The summed E-state index contributed by atoms with van der Waals surface area (Å²) in [5.74, 6) is -0.340. The Morgan fingerprint density at radius 3 is 3.14 bits per heavy atom. The van der Waals surface area contributed by atoms with Crippen LogP contribution in [-0.4, -0.2) is 30.1 Å². The molecule has 6 nitrogen and oxygen atoms in total. The van der Waals surface area contributed by atoms with Crippen molar-refractivity contribution in [1.82, 2.24) is 10.3 Å². The lowest BCUT2D eigenvalue weighted by atomic mass is 10.1. The van der Waals surface area contributed by atoms with Crippen molar-refractivity contribution in [2.24, 2.45) is 5.92 Å². The molecule has 1 amide bonds. The van der Waals surface area contributed by atoms with E-state index in [9.17, 15) is 9.59 Å². The molecular formula is C15H20N2O4. The summed E-state index contributed by atoms with van der Waals surface area (Å²) in [7, 11) is 0. The molecule has 0 bridgehead atoms. The van der Waals surface area contributed by atoms with Gasteiger partial charge in [-0.3, -0.25) is 9.59 Å². The highest BCUT2D eigenvalue weighted by Crippen LogP contribution is 2.17. The SMILES string of the molecule is CCCCOc1ncccc1CNC(=O)[C@@H]1COC(=O)C1. The molecule has 0 saturated carbocycles. The summed E-state index contributed by atoms with van der Waals surface area (Å²) < 4.78 is 10.4. The first-order valence-corrected chi connectivity index (χ1v) is 7.20. The summed E-state index contributed by atoms with van der Waals surface area (Å²) in [4.78, 5) is 27.1. The number of carbonyl (C=O) groups is 2. The minimum atomic E-state index is -0.390. The lowest BCUT2D eigenvalue weighted by molar-refractivity contribution is -0.137. The van der Waals surface area contributed by atoms with Crippen molar-refractivity contribution in [2.45, 2.75) is 32.7 Å². The monoisotopic (exact) mass is 292 g/mol. The fraction of sp³-hybridized carbons (Fsp3) is 0.533. The molecule has 1 saturated heterocycles. The van der Waals surface area contributed by atoms with Gasteiger partial charge in [0, 0.05) is 18.3 Å². The van der Waals surface area contributed by atoms with E-state index in [0.29, 0.717) is 19.0 Å². The highest BCUT2D eigenvalue weighted by atomic mass is 16.5. The fourth-order valence-electron chi connectivity index (χ4n) is 2.01. The second kappa shape index (κ2) is 7.61. The van der Waals surface area contributed by atoms with Crippen LogP contribution in [0.3, 0.4) is 0 Å². The smallest absolute Gasteiger partial charge is 0.306 e. The molecule has 0 aromatic carbocycles. The molecule has 1 fully saturated rings. The Balaban J connectivity index is 1.87. The molecule has 1 aromatic heterocycles. The first-order valence-electron chi connectivity index (χ1n) is 7.20. The number of nitrogens with zero attached hydrogens (tertiary/aromatic N) is 1. The molecule has 1 N–H and O–H groups in total. The van der Waals surface area contributed by atoms with Crippen LogP contribution in [0.15, 0.2) is 18.3 Å². The predicted octanol–water partition coefficient (Wildman–Crippen LogP) is 1.44. The Morgan fingerprint density at radius 1 is 1.57 bits per heavy atom. The molecule has 1 aliphatic heterocycles. The van der Waals surface area contributed by atoms with Crippen molar-refractivity contribution in [2.75, 3.05) is 13.2 Å². The summed E-state index contributed by atoms with van der Waals surface area (Å²) in [6.45, 7) is 3.20. The largest absolute Gasteiger partial charge is 0.477 e. The number of cyclic esters (lactones) is 1. The van der Waals surface area contributed by atoms with Crippen molar-refractivity contribution in [3.8, 4) is 5.88 Å². The number of aromatic nitrogens is 1. The number of hydrogen-bond donors (Lipinski definition) is 1. The molecular weight excluding hydrogens is 272 g/mol. The fourth-order valence-corrected chi connectivity index (χ4v) is 2.01. The maximum atomic E-state index is 11.9. The zero-order valence-electron chi connectivity index (χ0n) is 12.1. The maximum Gasteiger partial charge on any atom is 0.306 e. The van der Waals surface area contributed by atoms with Gasteiger partial charge >= 0.3 is 5.97 Å². The number of pyridine rings is 1. The van der Waals surface area contributed by atoms with Crippen LogP contribution in [0.2, 0.25) is 0 Å². The van der Waals surface area contributed by atoms with Gasteiger partial charge in [0.2, 0.25) is 11.8 Å². The van der Waals surface area contributed by atoms with Crippen molar-refractivity contribution in [1.29, 1.82) is 0 Å². The number of carbonyl (C=O) groups excluding carboxylic acids is 2. The van der Waals surface area contributed by atoms with Gasteiger partial charge in [-0.1, -0.05) is 19.4 Å². The van der Waals surface area contributed by atoms with E-state index in [-0.39, 0.29) is 24.9 Å². The molecule has 0 spiro atoms. The van der Waals surface area contributed by atoms with Gasteiger partial charge in [-0.2, -0.15) is 0 Å². The topological polar surface area (TPSA) is 77.5 Å². The standard InChI is InChI=1S/C15H20N2O4/c1-2-3-7-20-15-11(5-4-6-16-15)9-17-14(19)12-8-13(18)21-10-12/h4-6,12H,2-3,7-10H2,1H3,(H,17,19)/t12-/m0/s1. The van der Waals surface area contributed by atoms with Gasteiger partial charge in [0.15, 0.2) is 0 Å². The maximum absolute atomic E-state index is 11.9. The van der Waals surface area contributed by atoms with Gasteiger partial charge < -0.3 is 14.8 Å². The normalized spacial score (nSPS) is 17.4. The number of rotatable bonds is 7. The zero-order valence-corrected chi connectivity index (χ0v) is 12.1. The first-order chi connectivity index (χ1) is 10.2. The van der Waals surface area contributed by atoms with Crippen LogP contribution in [0, 0.1) is 5.92 Å². The van der Waals surface area contributed by atoms with Crippen LogP contribution < -0.4 is 10.1 Å². The van der Waals surface area contributed by atoms with E-state index < -0.39 is 5.92 Å². The summed E-state index contributed by atoms with van der Waals surface area (Å²) in [5.41, 5.74) is 0.826. The van der Waals surface area contributed by atoms with Gasteiger partial charge in [-0.05, 0) is 12.5 Å².